The largest absolute Gasteiger partial charge is 0.313 e. The Morgan fingerprint density at radius 3 is 2.56 bits per heavy atom. The quantitative estimate of drug-likeness (QED) is 0.732. The van der Waals surface area contributed by atoms with Crippen LogP contribution in [0.25, 0.3) is 0 Å². The molecule has 0 amide bonds. The van der Waals surface area contributed by atoms with Crippen molar-refractivity contribution in [3.05, 3.63) is 33.8 Å². The van der Waals surface area contributed by atoms with E-state index in [1.165, 1.54) is 0 Å². The van der Waals surface area contributed by atoms with Gasteiger partial charge in [-0.2, -0.15) is 0 Å². The lowest BCUT2D eigenvalue weighted by Crippen LogP contribution is -2.27. The molecule has 0 saturated heterocycles. The molecule has 0 radical (unpaired) electrons. The van der Waals surface area contributed by atoms with Crippen LogP contribution in [0.15, 0.2) is 18.2 Å². The smallest absolute Gasteiger partial charge is 0.0637 e. The van der Waals surface area contributed by atoms with E-state index >= 15 is 0 Å². The number of nitrogens with zero attached hydrogens (tertiary/aromatic N) is 1. The zero-order chi connectivity index (χ0) is 13.4. The van der Waals surface area contributed by atoms with Gasteiger partial charge in [0.1, 0.15) is 0 Å². The van der Waals surface area contributed by atoms with Gasteiger partial charge in [-0.1, -0.05) is 49.2 Å². The van der Waals surface area contributed by atoms with E-state index in [1.54, 1.807) is 0 Å². The van der Waals surface area contributed by atoms with E-state index in [9.17, 15) is 0 Å². The first-order valence-electron chi connectivity index (χ1n) is 6.55. The van der Waals surface area contributed by atoms with Crippen molar-refractivity contribution in [3.8, 4) is 0 Å². The molecular weight excluding hydrogens is 267 g/mol. The summed E-state index contributed by atoms with van der Waals surface area (Å²) in [5.41, 5.74) is 1.06. The van der Waals surface area contributed by atoms with Gasteiger partial charge >= 0.3 is 0 Å². The van der Waals surface area contributed by atoms with Crippen molar-refractivity contribution in [3.63, 3.8) is 0 Å². The first-order valence-corrected chi connectivity index (χ1v) is 7.30. The zero-order valence-electron chi connectivity index (χ0n) is 11.2. The molecule has 0 aromatic heterocycles. The Morgan fingerprint density at radius 2 is 1.89 bits per heavy atom. The summed E-state index contributed by atoms with van der Waals surface area (Å²) in [7, 11) is 0. The molecule has 0 heterocycles. The van der Waals surface area contributed by atoms with Gasteiger partial charge in [-0.05, 0) is 44.2 Å². The van der Waals surface area contributed by atoms with Crippen molar-refractivity contribution in [2.75, 3.05) is 26.2 Å². The Hall–Kier alpha value is -0.280. The number of halogens is 2. The van der Waals surface area contributed by atoms with Crippen LogP contribution in [0.1, 0.15) is 25.8 Å². The van der Waals surface area contributed by atoms with Gasteiger partial charge in [-0.3, -0.25) is 0 Å². The van der Waals surface area contributed by atoms with Gasteiger partial charge in [0.25, 0.3) is 0 Å². The predicted octanol–water partition coefficient (Wildman–Crippen LogP) is 3.81. The molecule has 0 saturated carbocycles. The van der Waals surface area contributed by atoms with Crippen molar-refractivity contribution in [1.82, 2.24) is 10.2 Å². The molecule has 2 nitrogen and oxygen atoms in total. The lowest BCUT2D eigenvalue weighted by molar-refractivity contribution is 0.298. The van der Waals surface area contributed by atoms with E-state index in [0.29, 0.717) is 10.0 Å². The molecule has 1 N–H and O–H groups in total. The summed E-state index contributed by atoms with van der Waals surface area (Å²) in [4.78, 5) is 2.42. The van der Waals surface area contributed by atoms with E-state index in [-0.39, 0.29) is 0 Å². The third kappa shape index (κ3) is 5.15. The van der Waals surface area contributed by atoms with Crippen molar-refractivity contribution >= 4 is 23.2 Å². The van der Waals surface area contributed by atoms with Crippen LogP contribution in [0.2, 0.25) is 10.0 Å². The molecule has 1 rings (SSSR count). The Labute approximate surface area is 120 Å². The Bertz CT molecular complexity index is 352. The third-order valence-electron chi connectivity index (χ3n) is 3.07. The second-order valence-corrected chi connectivity index (χ2v) is 5.06. The van der Waals surface area contributed by atoms with Gasteiger partial charge in [0.05, 0.1) is 10.0 Å². The second-order valence-electron chi connectivity index (χ2n) is 4.27. The Kier molecular flexibility index (Phi) is 7.68. The van der Waals surface area contributed by atoms with Crippen molar-refractivity contribution in [1.29, 1.82) is 0 Å². The molecule has 0 aliphatic carbocycles. The van der Waals surface area contributed by atoms with E-state index in [2.05, 4.69) is 24.1 Å². The lowest BCUT2D eigenvalue weighted by atomic mass is 10.2. The second kappa shape index (κ2) is 8.76. The van der Waals surface area contributed by atoms with Crippen LogP contribution >= 0.6 is 23.2 Å². The van der Waals surface area contributed by atoms with Gasteiger partial charge in [-0.15, -0.1) is 0 Å². The van der Waals surface area contributed by atoms with Gasteiger partial charge < -0.3 is 10.2 Å². The zero-order valence-corrected chi connectivity index (χ0v) is 12.7. The number of benzene rings is 1. The molecule has 0 unspecified atom stereocenters. The van der Waals surface area contributed by atoms with Crippen molar-refractivity contribution in [2.24, 2.45) is 0 Å². The van der Waals surface area contributed by atoms with Crippen LogP contribution in [0, 0.1) is 0 Å². The van der Waals surface area contributed by atoms with Crippen LogP contribution in [0.3, 0.4) is 0 Å². The molecule has 1 aromatic carbocycles. The fraction of sp³-hybridized carbons (Fsp3) is 0.571. The molecule has 0 aliphatic rings. The molecule has 0 spiro atoms. The van der Waals surface area contributed by atoms with E-state index in [4.69, 9.17) is 23.2 Å². The average molecular weight is 289 g/mol. The standard InChI is InChI=1S/C14H22Cl2N2/c1-3-18(4-2)10-6-9-17-11-12-7-5-8-13(15)14(12)16/h5,7-8,17H,3-4,6,9-11H2,1-2H3. The van der Waals surface area contributed by atoms with Crippen LogP contribution in [-0.2, 0) is 6.54 Å². The molecule has 0 bridgehead atoms. The summed E-state index contributed by atoms with van der Waals surface area (Å²) in [6.07, 6.45) is 1.15. The molecule has 102 valence electrons. The van der Waals surface area contributed by atoms with Crippen LogP contribution < -0.4 is 5.32 Å². The highest BCUT2D eigenvalue weighted by molar-refractivity contribution is 6.42. The highest BCUT2D eigenvalue weighted by atomic mass is 35.5. The maximum absolute atomic E-state index is 6.12. The fourth-order valence-electron chi connectivity index (χ4n) is 1.88. The SMILES string of the molecule is CCN(CC)CCCNCc1cccc(Cl)c1Cl. The topological polar surface area (TPSA) is 15.3 Å². The van der Waals surface area contributed by atoms with Gasteiger partial charge in [0.15, 0.2) is 0 Å². The summed E-state index contributed by atoms with van der Waals surface area (Å²) in [5, 5.41) is 4.69. The molecule has 1 aromatic rings. The predicted molar refractivity (Wildman–Crippen MR) is 80.6 cm³/mol. The molecule has 0 atom stereocenters. The summed E-state index contributed by atoms with van der Waals surface area (Å²) in [5.74, 6) is 0. The number of rotatable bonds is 8. The highest BCUT2D eigenvalue weighted by Crippen LogP contribution is 2.25. The third-order valence-corrected chi connectivity index (χ3v) is 3.93. The molecule has 0 aliphatic heterocycles. The van der Waals surface area contributed by atoms with E-state index in [1.807, 2.05) is 18.2 Å². The summed E-state index contributed by atoms with van der Waals surface area (Å²) < 4.78 is 0. The van der Waals surface area contributed by atoms with Crippen molar-refractivity contribution in [2.45, 2.75) is 26.8 Å². The number of hydrogen-bond donors (Lipinski definition) is 1. The first-order chi connectivity index (χ1) is 8.69. The fourth-order valence-corrected chi connectivity index (χ4v) is 2.26. The van der Waals surface area contributed by atoms with Crippen LogP contribution in [0.4, 0.5) is 0 Å². The maximum Gasteiger partial charge on any atom is 0.0637 e. The van der Waals surface area contributed by atoms with Gasteiger partial charge in [0.2, 0.25) is 0 Å². The van der Waals surface area contributed by atoms with E-state index in [0.717, 1.165) is 44.7 Å². The lowest BCUT2D eigenvalue weighted by Gasteiger charge is -2.17. The Balaban J connectivity index is 2.24. The van der Waals surface area contributed by atoms with Crippen molar-refractivity contribution < 1.29 is 0 Å². The summed E-state index contributed by atoms with van der Waals surface area (Å²) in [6.45, 7) is 9.55. The van der Waals surface area contributed by atoms with Gasteiger partial charge in [-0.25, -0.2) is 0 Å². The van der Waals surface area contributed by atoms with E-state index < -0.39 is 0 Å². The number of nitrogens with one attached hydrogen (secondary N) is 1. The highest BCUT2D eigenvalue weighted by Gasteiger charge is 2.03. The molecular formula is C14H22Cl2N2. The summed E-state index contributed by atoms with van der Waals surface area (Å²) in [6, 6.07) is 5.75. The van der Waals surface area contributed by atoms with Crippen LogP contribution in [0.5, 0.6) is 0 Å². The molecule has 18 heavy (non-hydrogen) atoms. The normalized spacial score (nSPS) is 11.2. The Morgan fingerprint density at radius 1 is 1.17 bits per heavy atom. The van der Waals surface area contributed by atoms with Crippen LogP contribution in [-0.4, -0.2) is 31.1 Å². The monoisotopic (exact) mass is 288 g/mol. The average Bonchev–Trinajstić information content (AvgIpc) is 2.38. The molecule has 0 fully saturated rings. The minimum atomic E-state index is 0.624. The van der Waals surface area contributed by atoms with Gasteiger partial charge in [0, 0.05) is 6.54 Å². The summed E-state index contributed by atoms with van der Waals surface area (Å²) >= 11 is 12.1. The maximum atomic E-state index is 6.12. The minimum absolute atomic E-state index is 0.624. The number of hydrogen-bond acceptors (Lipinski definition) is 2. The minimum Gasteiger partial charge on any atom is -0.313 e. The molecule has 4 heteroatoms. The first kappa shape index (κ1) is 15.8.